The Labute approximate surface area is 187 Å². The Hall–Kier alpha value is -0.693. The third-order valence-electron chi connectivity index (χ3n) is 5.69. The van der Waals surface area contributed by atoms with Crippen LogP contribution in [-0.2, 0) is 18.1 Å². The van der Waals surface area contributed by atoms with Gasteiger partial charge in [-0.05, 0) is 38.5 Å². The van der Waals surface area contributed by atoms with Gasteiger partial charge in [0.15, 0.2) is 0 Å². The van der Waals surface area contributed by atoms with Crippen molar-refractivity contribution < 1.29 is 18.1 Å². The molecule has 0 spiro atoms. The monoisotopic (exact) mass is 443 g/mol. The second-order valence-electron chi connectivity index (χ2n) is 8.08. The van der Waals surface area contributed by atoms with E-state index in [9.17, 15) is 4.79 Å². The summed E-state index contributed by atoms with van der Waals surface area (Å²) in [5.74, 6) is 0.0579. The number of carbonyl (C=O) groups excluding carboxylic acids is 1. The molecule has 1 atom stereocenters. The van der Waals surface area contributed by atoms with Crippen LogP contribution in [0.3, 0.4) is 0 Å². The summed E-state index contributed by atoms with van der Waals surface area (Å²) in [6.45, 7) is 4.27. The number of amides is 1. The smallest absolute Gasteiger partial charge is 0.376 e. The van der Waals surface area contributed by atoms with Crippen LogP contribution in [-0.4, -0.2) is 41.7 Å². The van der Waals surface area contributed by atoms with E-state index in [1.54, 1.807) is 21.3 Å². The van der Waals surface area contributed by atoms with Crippen molar-refractivity contribution in [1.82, 2.24) is 5.32 Å². The van der Waals surface area contributed by atoms with E-state index in [0.29, 0.717) is 6.42 Å². The Morgan fingerprint density at radius 2 is 1.23 bits per heavy atom. The maximum Gasteiger partial charge on any atom is 0.523 e. The van der Waals surface area contributed by atoms with Crippen LogP contribution in [0.5, 0.6) is 0 Å². The summed E-state index contributed by atoms with van der Waals surface area (Å²) in [6, 6.07) is 0. The highest BCUT2D eigenvalue weighted by molar-refractivity contribution is 6.62. The Balaban J connectivity index is 3.70. The van der Waals surface area contributed by atoms with Crippen molar-refractivity contribution in [3.63, 3.8) is 0 Å². The normalized spacial score (nSPS) is 13.1. The number of hydrogen-bond acceptors (Lipinski definition) is 4. The van der Waals surface area contributed by atoms with Gasteiger partial charge in [-0.25, -0.2) is 0 Å². The van der Waals surface area contributed by atoms with Crippen molar-refractivity contribution in [3.8, 4) is 0 Å². The Morgan fingerprint density at radius 1 is 0.767 bits per heavy atom. The number of allylic oxidation sites excluding steroid dienone is 2. The average molecular weight is 444 g/mol. The van der Waals surface area contributed by atoms with Gasteiger partial charge in [0.1, 0.15) is 0 Å². The van der Waals surface area contributed by atoms with Gasteiger partial charge in [-0.2, -0.15) is 0 Å². The quantitative estimate of drug-likeness (QED) is 0.128. The third kappa shape index (κ3) is 13.6. The molecule has 6 heteroatoms. The van der Waals surface area contributed by atoms with Gasteiger partial charge >= 0.3 is 8.80 Å². The van der Waals surface area contributed by atoms with E-state index in [0.717, 1.165) is 19.3 Å². The van der Waals surface area contributed by atoms with E-state index in [4.69, 9.17) is 13.3 Å². The second-order valence-corrected chi connectivity index (χ2v) is 11.2. The molecule has 0 bridgehead atoms. The molecule has 5 nitrogen and oxygen atoms in total. The summed E-state index contributed by atoms with van der Waals surface area (Å²) in [5.41, 5.74) is -0.201. The fraction of sp³-hybridized carbons (Fsp3) is 0.875. The minimum Gasteiger partial charge on any atom is -0.376 e. The highest BCUT2D eigenvalue weighted by Gasteiger charge is 2.47. The lowest BCUT2D eigenvalue weighted by molar-refractivity contribution is -0.122. The predicted octanol–water partition coefficient (Wildman–Crippen LogP) is 6.34. The minimum atomic E-state index is -2.84. The summed E-state index contributed by atoms with van der Waals surface area (Å²) >= 11 is 0. The fourth-order valence-electron chi connectivity index (χ4n) is 3.74. The van der Waals surface area contributed by atoms with E-state index in [-0.39, 0.29) is 11.6 Å². The molecule has 0 aliphatic rings. The molecule has 30 heavy (non-hydrogen) atoms. The Bertz CT molecular complexity index is 419. The summed E-state index contributed by atoms with van der Waals surface area (Å²) < 4.78 is 16.5. The summed E-state index contributed by atoms with van der Waals surface area (Å²) in [4.78, 5) is 12.3. The molecule has 0 aromatic heterocycles. The molecule has 0 aromatic carbocycles. The van der Waals surface area contributed by atoms with Gasteiger partial charge in [-0.15, -0.1) is 0 Å². The molecule has 0 radical (unpaired) electrons. The fourth-order valence-corrected chi connectivity index (χ4v) is 5.93. The molecule has 1 amide bonds. The number of rotatable bonds is 21. The molecule has 1 N–H and O–H groups in total. The molecule has 178 valence electrons. The van der Waals surface area contributed by atoms with Crippen LogP contribution in [0.1, 0.15) is 110 Å². The first kappa shape index (κ1) is 29.3. The number of hydrogen-bond donors (Lipinski definition) is 1. The predicted molar refractivity (Wildman–Crippen MR) is 128 cm³/mol. The summed E-state index contributed by atoms with van der Waals surface area (Å²) in [7, 11) is 1.91. The first-order valence-electron chi connectivity index (χ1n) is 12.2. The molecule has 0 aromatic rings. The zero-order chi connectivity index (χ0) is 22.5. The molecular formula is C24H49NO4Si. The molecule has 0 aliphatic heterocycles. The summed E-state index contributed by atoms with van der Waals surface area (Å²) in [5, 5.41) is 3.05. The van der Waals surface area contributed by atoms with E-state index in [1.165, 1.54) is 70.6 Å². The molecular weight excluding hydrogens is 394 g/mol. The Kier molecular flexibility index (Phi) is 19.8. The zero-order valence-electron chi connectivity index (χ0n) is 20.5. The topological polar surface area (TPSA) is 56.8 Å². The lowest BCUT2D eigenvalue weighted by Gasteiger charge is -2.32. The number of unbranched alkanes of at least 4 members (excludes halogenated alkanes) is 11. The molecule has 0 aliphatic carbocycles. The largest absolute Gasteiger partial charge is 0.523 e. The highest BCUT2D eigenvalue weighted by Crippen LogP contribution is 2.15. The van der Waals surface area contributed by atoms with Crippen molar-refractivity contribution in [3.05, 3.63) is 12.2 Å². The highest BCUT2D eigenvalue weighted by atomic mass is 28.4. The van der Waals surface area contributed by atoms with Crippen molar-refractivity contribution in [2.24, 2.45) is 0 Å². The molecule has 0 rings (SSSR count). The van der Waals surface area contributed by atoms with Crippen LogP contribution in [0.15, 0.2) is 12.2 Å². The van der Waals surface area contributed by atoms with Crippen LogP contribution in [0, 0.1) is 0 Å². The SMILES string of the molecule is CCCCCCCCC=CCCCCCCCC(=O)NC(CC)[Si](OC)(OC)OC. The maximum atomic E-state index is 12.3. The first-order chi connectivity index (χ1) is 14.6. The maximum absolute atomic E-state index is 12.3. The average Bonchev–Trinajstić information content (AvgIpc) is 2.77. The molecule has 0 fully saturated rings. The second kappa shape index (κ2) is 20.2. The minimum absolute atomic E-state index is 0.0579. The Morgan fingerprint density at radius 3 is 1.70 bits per heavy atom. The van der Waals surface area contributed by atoms with Crippen molar-refractivity contribution in [2.75, 3.05) is 21.3 Å². The van der Waals surface area contributed by atoms with Gasteiger partial charge in [-0.3, -0.25) is 4.79 Å². The van der Waals surface area contributed by atoms with Crippen molar-refractivity contribution in [1.29, 1.82) is 0 Å². The van der Waals surface area contributed by atoms with Crippen LogP contribution < -0.4 is 5.32 Å². The van der Waals surface area contributed by atoms with Crippen molar-refractivity contribution in [2.45, 2.75) is 116 Å². The lowest BCUT2D eigenvalue weighted by Crippen LogP contribution is -2.61. The third-order valence-corrected chi connectivity index (χ3v) is 8.80. The number of carbonyl (C=O) groups is 1. The van der Waals surface area contributed by atoms with Gasteiger partial charge in [0.25, 0.3) is 0 Å². The van der Waals surface area contributed by atoms with Crippen molar-refractivity contribution >= 4 is 14.7 Å². The first-order valence-corrected chi connectivity index (χ1v) is 14.0. The lowest BCUT2D eigenvalue weighted by atomic mass is 10.1. The van der Waals surface area contributed by atoms with E-state index >= 15 is 0 Å². The van der Waals surface area contributed by atoms with Gasteiger partial charge in [0, 0.05) is 27.8 Å². The van der Waals surface area contributed by atoms with Crippen LogP contribution in [0.25, 0.3) is 0 Å². The van der Waals surface area contributed by atoms with Gasteiger partial charge in [0.2, 0.25) is 5.91 Å². The van der Waals surface area contributed by atoms with E-state index < -0.39 is 8.80 Å². The van der Waals surface area contributed by atoms with Crippen LogP contribution in [0.4, 0.5) is 0 Å². The standard InChI is InChI=1S/C24H49NO4Si/c1-6-8-9-10-11-12-13-14-15-16-17-18-19-20-21-22-23(26)25-24(7-2)30(27-3,28-4)29-5/h14-15,24H,6-13,16-22H2,1-5H3,(H,25,26). The van der Waals surface area contributed by atoms with Crippen LogP contribution in [0.2, 0.25) is 0 Å². The van der Waals surface area contributed by atoms with Crippen LogP contribution >= 0.6 is 0 Å². The van der Waals surface area contributed by atoms with E-state index in [2.05, 4.69) is 24.4 Å². The van der Waals surface area contributed by atoms with Gasteiger partial charge in [0.05, 0.1) is 5.67 Å². The number of nitrogens with one attached hydrogen (secondary N) is 1. The summed E-state index contributed by atoms with van der Waals surface area (Å²) in [6.07, 6.45) is 22.3. The van der Waals surface area contributed by atoms with Gasteiger partial charge in [-0.1, -0.05) is 77.4 Å². The molecule has 1 unspecified atom stereocenters. The molecule has 0 heterocycles. The van der Waals surface area contributed by atoms with E-state index in [1.807, 2.05) is 6.92 Å². The zero-order valence-corrected chi connectivity index (χ0v) is 21.5. The molecule has 0 saturated carbocycles. The molecule has 0 saturated heterocycles. The van der Waals surface area contributed by atoms with Gasteiger partial charge < -0.3 is 18.6 Å².